The first kappa shape index (κ1) is 33.7. The van der Waals surface area contributed by atoms with Crippen LogP contribution in [0.2, 0.25) is 0 Å². The van der Waals surface area contributed by atoms with Crippen LogP contribution in [0.25, 0.3) is 22.6 Å². The molecule has 0 fully saturated rings. The van der Waals surface area contributed by atoms with Crippen molar-refractivity contribution in [3.8, 4) is 17.2 Å². The molecule has 4 aromatic rings. The Morgan fingerprint density at radius 2 is 1.51 bits per heavy atom. The minimum atomic E-state index is -0.970. The predicted molar refractivity (Wildman–Crippen MR) is 187 cm³/mol. The zero-order chi connectivity index (χ0) is 34.2. The summed E-state index contributed by atoms with van der Waals surface area (Å²) in [6, 6.07) is 15.3. The molecule has 1 heterocycles. The quantitative estimate of drug-likeness (QED) is 0.141. The molecule has 0 amide bonds. The highest BCUT2D eigenvalue weighted by molar-refractivity contribution is 6.08. The number of carbonyl (C=O) groups excluding carboxylic acids is 2. The van der Waals surface area contributed by atoms with Crippen molar-refractivity contribution in [2.45, 2.75) is 67.4 Å². The second-order valence-electron chi connectivity index (χ2n) is 13.6. The monoisotopic (exact) mass is 635 g/mol. The summed E-state index contributed by atoms with van der Waals surface area (Å²) in [7, 11) is 4.77. The zero-order valence-electron chi connectivity index (χ0n) is 29.2. The van der Waals surface area contributed by atoms with Gasteiger partial charge in [0.25, 0.3) is 0 Å². The maximum absolute atomic E-state index is 14.3. The van der Waals surface area contributed by atoms with Crippen molar-refractivity contribution in [1.82, 2.24) is 4.98 Å². The van der Waals surface area contributed by atoms with Crippen molar-refractivity contribution >= 4 is 34.3 Å². The SMILES string of the molecule is COc1cc(C=C2CC(C(C)(C)C)Cc3c2nc2ccccc2c3C(=O)OC(C)C(=O)c2cc(C)c(C)cc2C)cc(OC)c1OC. The lowest BCUT2D eigenvalue weighted by Crippen LogP contribution is -2.30. The third-order valence-electron chi connectivity index (χ3n) is 9.43. The van der Waals surface area contributed by atoms with Crippen LogP contribution in [0.5, 0.6) is 17.2 Å². The standard InChI is InChI=1S/C40H45NO6/c1-22-15-24(3)30(16-23(22)2)37(42)25(4)47-39(43)35-29-13-11-12-14-32(29)41-36-27(20-28(21-31(35)36)40(5,6)7)17-26-18-33(44-8)38(46-10)34(19-26)45-9/h11-19,25,28H,20-21H2,1-10H3. The Bertz CT molecular complexity index is 1870. The third kappa shape index (κ3) is 6.62. The molecular weight excluding hydrogens is 590 g/mol. The minimum absolute atomic E-state index is 0.0665. The Morgan fingerprint density at radius 1 is 0.872 bits per heavy atom. The summed E-state index contributed by atoms with van der Waals surface area (Å²) in [4.78, 5) is 33.0. The number of nitrogens with zero attached hydrogens (tertiary/aromatic N) is 1. The van der Waals surface area contributed by atoms with Crippen molar-refractivity contribution in [1.29, 1.82) is 0 Å². The van der Waals surface area contributed by atoms with Crippen molar-refractivity contribution in [3.05, 3.63) is 93.2 Å². The Balaban J connectivity index is 1.65. The highest BCUT2D eigenvalue weighted by Crippen LogP contribution is 2.46. The van der Waals surface area contributed by atoms with Gasteiger partial charge in [0.05, 0.1) is 38.1 Å². The number of hydrogen-bond donors (Lipinski definition) is 0. The molecule has 0 radical (unpaired) electrons. The van der Waals surface area contributed by atoms with E-state index in [1.165, 1.54) is 0 Å². The van der Waals surface area contributed by atoms with Gasteiger partial charge >= 0.3 is 5.97 Å². The van der Waals surface area contributed by atoms with Gasteiger partial charge in [-0.2, -0.15) is 0 Å². The first-order chi connectivity index (χ1) is 22.3. The van der Waals surface area contributed by atoms with Crippen LogP contribution < -0.4 is 14.2 Å². The Hall–Kier alpha value is -4.65. The summed E-state index contributed by atoms with van der Waals surface area (Å²) in [5, 5.41) is 0.708. The van der Waals surface area contributed by atoms with E-state index in [2.05, 4.69) is 26.8 Å². The number of Topliss-reactive ketones (excluding diaryl/α,β-unsaturated/α-hetero) is 1. The lowest BCUT2D eigenvalue weighted by Gasteiger charge is -2.37. The van der Waals surface area contributed by atoms with Gasteiger partial charge in [0, 0.05) is 10.9 Å². The average molecular weight is 636 g/mol. The molecule has 47 heavy (non-hydrogen) atoms. The molecule has 2 unspecified atom stereocenters. The van der Waals surface area contributed by atoms with Crippen LogP contribution >= 0.6 is 0 Å². The number of hydrogen-bond acceptors (Lipinski definition) is 7. The van der Waals surface area contributed by atoms with Crippen LogP contribution in [0.15, 0.2) is 48.5 Å². The number of rotatable bonds is 8. The number of methoxy groups -OCH3 is 3. The van der Waals surface area contributed by atoms with E-state index < -0.39 is 12.1 Å². The number of carbonyl (C=O) groups is 2. The van der Waals surface area contributed by atoms with E-state index in [9.17, 15) is 9.59 Å². The van der Waals surface area contributed by atoms with Gasteiger partial charge in [-0.15, -0.1) is 0 Å². The van der Waals surface area contributed by atoms with Gasteiger partial charge < -0.3 is 18.9 Å². The fourth-order valence-corrected chi connectivity index (χ4v) is 6.47. The third-order valence-corrected chi connectivity index (χ3v) is 9.43. The van der Waals surface area contributed by atoms with E-state index in [0.717, 1.165) is 45.5 Å². The minimum Gasteiger partial charge on any atom is -0.493 e. The van der Waals surface area contributed by atoms with Crippen LogP contribution in [-0.2, 0) is 11.2 Å². The van der Waals surface area contributed by atoms with Gasteiger partial charge in [-0.1, -0.05) is 45.0 Å². The summed E-state index contributed by atoms with van der Waals surface area (Å²) in [5.74, 6) is 1.08. The topological polar surface area (TPSA) is 84.0 Å². The molecule has 0 saturated heterocycles. The molecule has 0 aliphatic heterocycles. The predicted octanol–water partition coefficient (Wildman–Crippen LogP) is 8.76. The van der Waals surface area contributed by atoms with E-state index in [1.54, 1.807) is 28.3 Å². The van der Waals surface area contributed by atoms with Crippen molar-refractivity contribution in [3.63, 3.8) is 0 Å². The van der Waals surface area contributed by atoms with Gasteiger partial charge in [-0.05, 0) is 116 Å². The second kappa shape index (κ2) is 13.2. The lowest BCUT2D eigenvalue weighted by atomic mass is 9.69. The molecule has 7 heteroatoms. The van der Waals surface area contributed by atoms with Crippen molar-refractivity contribution < 1.29 is 28.5 Å². The number of aromatic nitrogens is 1. The molecular formula is C40H45NO6. The van der Waals surface area contributed by atoms with E-state index in [4.69, 9.17) is 23.9 Å². The molecule has 3 aromatic carbocycles. The molecule has 0 spiro atoms. The molecule has 0 N–H and O–H groups in total. The molecule has 5 rings (SSSR count). The van der Waals surface area contributed by atoms with Crippen LogP contribution in [-0.4, -0.2) is 44.2 Å². The molecule has 2 atom stereocenters. The Morgan fingerprint density at radius 3 is 2.13 bits per heavy atom. The van der Waals surface area contributed by atoms with Gasteiger partial charge in [0.2, 0.25) is 11.5 Å². The van der Waals surface area contributed by atoms with Gasteiger partial charge in [-0.3, -0.25) is 4.79 Å². The lowest BCUT2D eigenvalue weighted by molar-refractivity contribution is 0.0318. The van der Waals surface area contributed by atoms with Gasteiger partial charge in [-0.25, -0.2) is 9.78 Å². The Labute approximate surface area is 277 Å². The number of ketones is 1. The van der Waals surface area contributed by atoms with E-state index >= 15 is 0 Å². The highest BCUT2D eigenvalue weighted by Gasteiger charge is 2.36. The average Bonchev–Trinajstić information content (AvgIpc) is 3.03. The number of fused-ring (bicyclic) bond motifs is 2. The largest absolute Gasteiger partial charge is 0.493 e. The second-order valence-corrected chi connectivity index (χ2v) is 13.6. The molecule has 7 nitrogen and oxygen atoms in total. The molecule has 246 valence electrons. The number of esters is 1. The fourth-order valence-electron chi connectivity index (χ4n) is 6.47. The number of allylic oxidation sites excluding steroid dienone is 1. The number of para-hydroxylation sites is 1. The molecule has 1 aromatic heterocycles. The van der Waals surface area contributed by atoms with Crippen LogP contribution in [0.4, 0.5) is 0 Å². The summed E-state index contributed by atoms with van der Waals surface area (Å²) in [6.45, 7) is 14.2. The van der Waals surface area contributed by atoms with Crippen molar-refractivity contribution in [2.24, 2.45) is 11.3 Å². The molecule has 1 aliphatic rings. The number of pyridine rings is 1. The normalized spacial score (nSPS) is 16.0. The van der Waals surface area contributed by atoms with Gasteiger partial charge in [0.15, 0.2) is 17.6 Å². The van der Waals surface area contributed by atoms with Crippen LogP contribution in [0.1, 0.15) is 88.3 Å². The van der Waals surface area contributed by atoms with Crippen LogP contribution in [0, 0.1) is 32.1 Å². The highest BCUT2D eigenvalue weighted by atomic mass is 16.5. The zero-order valence-corrected chi connectivity index (χ0v) is 29.2. The van der Waals surface area contributed by atoms with Gasteiger partial charge in [0.1, 0.15) is 0 Å². The maximum Gasteiger partial charge on any atom is 0.339 e. The number of aryl methyl sites for hydroxylation is 3. The van der Waals surface area contributed by atoms with E-state index in [0.29, 0.717) is 45.7 Å². The molecule has 0 bridgehead atoms. The van der Waals surface area contributed by atoms with E-state index in [1.807, 2.05) is 69.3 Å². The summed E-state index contributed by atoms with van der Waals surface area (Å²) < 4.78 is 22.8. The smallest absolute Gasteiger partial charge is 0.339 e. The van der Waals surface area contributed by atoms with E-state index in [-0.39, 0.29) is 17.1 Å². The summed E-state index contributed by atoms with van der Waals surface area (Å²) >= 11 is 0. The molecule has 1 aliphatic carbocycles. The fraction of sp³-hybridized carbons (Fsp3) is 0.375. The number of ether oxygens (including phenoxy) is 4. The number of benzene rings is 3. The summed E-state index contributed by atoms with van der Waals surface area (Å²) in [6.07, 6.45) is 2.52. The first-order valence-electron chi connectivity index (χ1n) is 16.0. The first-order valence-corrected chi connectivity index (χ1v) is 16.0. The Kier molecular flexibility index (Phi) is 9.48. The van der Waals surface area contributed by atoms with Crippen molar-refractivity contribution in [2.75, 3.05) is 21.3 Å². The molecule has 0 saturated carbocycles. The van der Waals surface area contributed by atoms with Crippen LogP contribution in [0.3, 0.4) is 0 Å². The summed E-state index contributed by atoms with van der Waals surface area (Å²) in [5.41, 5.74) is 8.10. The maximum atomic E-state index is 14.3.